The molecule has 6 heteroatoms. The number of carbonyl (C=O) groups is 3. The van der Waals surface area contributed by atoms with Gasteiger partial charge < -0.3 is 4.42 Å². The Hall–Kier alpha value is -3.67. The third kappa shape index (κ3) is 3.45. The van der Waals surface area contributed by atoms with Crippen molar-refractivity contribution < 1.29 is 18.8 Å². The van der Waals surface area contributed by atoms with Crippen molar-refractivity contribution in [2.75, 3.05) is 9.80 Å². The van der Waals surface area contributed by atoms with Crippen LogP contribution in [0.15, 0.2) is 71.3 Å². The van der Waals surface area contributed by atoms with E-state index < -0.39 is 17.9 Å². The molecule has 4 rings (SSSR count). The Kier molecular flexibility index (Phi) is 4.76. The molecule has 3 aromatic rings. The fraction of sp³-hybridized carbons (Fsp3) is 0.174. The summed E-state index contributed by atoms with van der Waals surface area (Å²) in [6.07, 6.45) is 1.31. The third-order valence-electron chi connectivity index (χ3n) is 4.99. The number of aryl methyl sites for hydroxylation is 2. The molecule has 0 bridgehead atoms. The number of hydrogen-bond donors (Lipinski definition) is 0. The molecule has 0 spiro atoms. The molecule has 1 aliphatic heterocycles. The average Bonchev–Trinajstić information content (AvgIpc) is 3.34. The summed E-state index contributed by atoms with van der Waals surface area (Å²) in [6, 6.07) is 16.6. The molecule has 3 amide bonds. The standard InChI is InChI=1S/C23H20N2O4/c1-15-5-9-17(10-6-15)24(23(28)20-4-3-13-29-20)19-14-21(26)25(22(19)27)18-11-7-16(2)8-12-18/h3-13,19H,14H2,1-2H3/t19-/m0/s1. The topological polar surface area (TPSA) is 70.8 Å². The number of furan rings is 1. The van der Waals surface area contributed by atoms with Crippen molar-refractivity contribution >= 4 is 29.1 Å². The molecule has 29 heavy (non-hydrogen) atoms. The van der Waals surface area contributed by atoms with Gasteiger partial charge in [-0.2, -0.15) is 0 Å². The molecule has 2 heterocycles. The molecule has 0 N–H and O–H groups in total. The highest BCUT2D eigenvalue weighted by molar-refractivity contribution is 6.25. The maximum atomic E-state index is 13.2. The van der Waals surface area contributed by atoms with Crippen LogP contribution in [0, 0.1) is 13.8 Å². The van der Waals surface area contributed by atoms with Crippen molar-refractivity contribution in [1.82, 2.24) is 0 Å². The summed E-state index contributed by atoms with van der Waals surface area (Å²) in [4.78, 5) is 41.6. The van der Waals surface area contributed by atoms with Crippen molar-refractivity contribution in [3.63, 3.8) is 0 Å². The maximum Gasteiger partial charge on any atom is 0.294 e. The lowest BCUT2D eigenvalue weighted by Gasteiger charge is -2.27. The minimum atomic E-state index is -0.941. The zero-order valence-corrected chi connectivity index (χ0v) is 16.2. The van der Waals surface area contributed by atoms with Gasteiger partial charge in [-0.25, -0.2) is 4.90 Å². The summed E-state index contributed by atoms with van der Waals surface area (Å²) < 4.78 is 5.27. The van der Waals surface area contributed by atoms with Gasteiger partial charge in [-0.15, -0.1) is 0 Å². The van der Waals surface area contributed by atoms with Gasteiger partial charge in [0.25, 0.3) is 11.8 Å². The minimum absolute atomic E-state index is 0.0902. The van der Waals surface area contributed by atoms with E-state index in [9.17, 15) is 14.4 Å². The molecule has 1 aliphatic rings. The zero-order valence-electron chi connectivity index (χ0n) is 16.2. The van der Waals surface area contributed by atoms with Gasteiger partial charge in [0.05, 0.1) is 18.4 Å². The van der Waals surface area contributed by atoms with Gasteiger partial charge in [-0.3, -0.25) is 19.3 Å². The molecular weight excluding hydrogens is 368 g/mol. The van der Waals surface area contributed by atoms with Gasteiger partial charge in [0.1, 0.15) is 6.04 Å². The van der Waals surface area contributed by atoms with E-state index in [1.54, 1.807) is 36.4 Å². The van der Waals surface area contributed by atoms with E-state index in [1.165, 1.54) is 11.2 Å². The van der Waals surface area contributed by atoms with Crippen LogP contribution >= 0.6 is 0 Å². The van der Waals surface area contributed by atoms with E-state index in [0.717, 1.165) is 16.0 Å². The van der Waals surface area contributed by atoms with Crippen LogP contribution in [-0.4, -0.2) is 23.8 Å². The first-order valence-electron chi connectivity index (χ1n) is 9.33. The second kappa shape index (κ2) is 7.39. The second-order valence-corrected chi connectivity index (χ2v) is 7.11. The van der Waals surface area contributed by atoms with Crippen molar-refractivity contribution in [2.24, 2.45) is 0 Å². The van der Waals surface area contributed by atoms with E-state index in [-0.39, 0.29) is 18.1 Å². The first kappa shape index (κ1) is 18.7. The molecule has 2 aromatic carbocycles. The predicted molar refractivity (Wildman–Crippen MR) is 109 cm³/mol. The van der Waals surface area contributed by atoms with Crippen LogP contribution < -0.4 is 9.80 Å². The van der Waals surface area contributed by atoms with Crippen LogP contribution in [-0.2, 0) is 9.59 Å². The number of carbonyl (C=O) groups excluding carboxylic acids is 3. The summed E-state index contributed by atoms with van der Waals surface area (Å²) in [5.41, 5.74) is 3.09. The molecule has 0 saturated carbocycles. The largest absolute Gasteiger partial charge is 0.459 e. The Morgan fingerprint density at radius 2 is 1.59 bits per heavy atom. The summed E-state index contributed by atoms with van der Waals surface area (Å²) in [5, 5.41) is 0. The van der Waals surface area contributed by atoms with Gasteiger partial charge >= 0.3 is 0 Å². The van der Waals surface area contributed by atoms with Crippen molar-refractivity contribution in [3.8, 4) is 0 Å². The first-order chi connectivity index (χ1) is 14.0. The summed E-state index contributed by atoms with van der Waals surface area (Å²) >= 11 is 0. The summed E-state index contributed by atoms with van der Waals surface area (Å²) in [7, 11) is 0. The number of benzene rings is 2. The SMILES string of the molecule is Cc1ccc(N2C(=O)C[C@H](N(C(=O)c3ccco3)c3ccc(C)cc3)C2=O)cc1. The molecule has 0 aliphatic carbocycles. The van der Waals surface area contributed by atoms with Gasteiger partial charge in [0, 0.05) is 5.69 Å². The van der Waals surface area contributed by atoms with Crippen LogP contribution in [0.4, 0.5) is 11.4 Å². The van der Waals surface area contributed by atoms with Gasteiger partial charge in [-0.05, 0) is 50.2 Å². The molecule has 0 unspecified atom stereocenters. The normalized spacial score (nSPS) is 16.3. The Morgan fingerprint density at radius 3 is 2.17 bits per heavy atom. The lowest BCUT2D eigenvalue weighted by Crippen LogP contribution is -2.45. The van der Waals surface area contributed by atoms with E-state index in [2.05, 4.69) is 0 Å². The molecule has 1 fully saturated rings. The molecule has 1 saturated heterocycles. The second-order valence-electron chi connectivity index (χ2n) is 7.11. The van der Waals surface area contributed by atoms with Crippen molar-refractivity contribution in [1.29, 1.82) is 0 Å². The third-order valence-corrected chi connectivity index (χ3v) is 4.99. The number of anilines is 2. The average molecular weight is 388 g/mol. The predicted octanol–water partition coefficient (Wildman–Crippen LogP) is 3.88. The van der Waals surface area contributed by atoms with Crippen molar-refractivity contribution in [3.05, 3.63) is 83.8 Å². The summed E-state index contributed by atoms with van der Waals surface area (Å²) in [6.45, 7) is 3.87. The lowest BCUT2D eigenvalue weighted by atomic mass is 10.1. The van der Waals surface area contributed by atoms with E-state index in [1.807, 2.05) is 38.1 Å². The van der Waals surface area contributed by atoms with Crippen LogP contribution in [0.1, 0.15) is 28.1 Å². The Balaban J connectivity index is 1.73. The highest BCUT2D eigenvalue weighted by atomic mass is 16.3. The molecule has 6 nitrogen and oxygen atoms in total. The number of rotatable bonds is 4. The number of hydrogen-bond acceptors (Lipinski definition) is 4. The van der Waals surface area contributed by atoms with Crippen molar-refractivity contribution in [2.45, 2.75) is 26.3 Å². The van der Waals surface area contributed by atoms with Crippen LogP contribution in [0.3, 0.4) is 0 Å². The van der Waals surface area contributed by atoms with E-state index in [4.69, 9.17) is 4.42 Å². The Bertz CT molecular complexity index is 1050. The fourth-order valence-electron chi connectivity index (χ4n) is 3.45. The van der Waals surface area contributed by atoms with Crippen LogP contribution in [0.2, 0.25) is 0 Å². The van der Waals surface area contributed by atoms with Gasteiger partial charge in [0.2, 0.25) is 5.91 Å². The maximum absolute atomic E-state index is 13.2. The smallest absolute Gasteiger partial charge is 0.294 e. The fourth-order valence-corrected chi connectivity index (χ4v) is 3.45. The summed E-state index contributed by atoms with van der Waals surface area (Å²) in [5.74, 6) is -1.12. The zero-order chi connectivity index (χ0) is 20.5. The van der Waals surface area contributed by atoms with Crippen LogP contribution in [0.25, 0.3) is 0 Å². The van der Waals surface area contributed by atoms with Crippen LogP contribution in [0.5, 0.6) is 0 Å². The first-order valence-corrected chi connectivity index (χ1v) is 9.33. The lowest BCUT2D eigenvalue weighted by molar-refractivity contribution is -0.121. The molecule has 1 atom stereocenters. The highest BCUT2D eigenvalue weighted by Crippen LogP contribution is 2.30. The number of amides is 3. The number of nitrogens with zero attached hydrogens (tertiary/aromatic N) is 2. The Labute approximate surface area is 168 Å². The minimum Gasteiger partial charge on any atom is -0.459 e. The molecule has 0 radical (unpaired) electrons. The molecule has 146 valence electrons. The van der Waals surface area contributed by atoms with Gasteiger partial charge in [-0.1, -0.05) is 35.4 Å². The Morgan fingerprint density at radius 1 is 0.966 bits per heavy atom. The highest BCUT2D eigenvalue weighted by Gasteiger charge is 2.45. The molecule has 1 aromatic heterocycles. The monoisotopic (exact) mass is 388 g/mol. The molecular formula is C23H20N2O4. The van der Waals surface area contributed by atoms with E-state index in [0.29, 0.717) is 11.4 Å². The van der Waals surface area contributed by atoms with Gasteiger partial charge in [0.15, 0.2) is 5.76 Å². The van der Waals surface area contributed by atoms with E-state index >= 15 is 0 Å². The quantitative estimate of drug-likeness (QED) is 0.636. The number of imide groups is 1.